The number of aryl methyl sites for hydroxylation is 1. The first kappa shape index (κ1) is 25.7. The monoisotopic (exact) mass is 497 g/mol. The predicted molar refractivity (Wildman–Crippen MR) is 139 cm³/mol. The minimum atomic E-state index is -0.299. The molecule has 1 aromatic carbocycles. The van der Waals surface area contributed by atoms with Crippen molar-refractivity contribution in [2.24, 2.45) is 0 Å². The Morgan fingerprint density at radius 3 is 2.49 bits per heavy atom. The van der Waals surface area contributed by atoms with Crippen molar-refractivity contribution in [2.45, 2.75) is 45.6 Å². The lowest BCUT2D eigenvalue weighted by molar-refractivity contribution is -0.141. The molecule has 0 atom stereocenters. The maximum absolute atomic E-state index is 13.7. The van der Waals surface area contributed by atoms with Gasteiger partial charge in [0.1, 0.15) is 12.1 Å². The molecule has 0 saturated carbocycles. The highest BCUT2D eigenvalue weighted by Gasteiger charge is 2.19. The van der Waals surface area contributed by atoms with Crippen molar-refractivity contribution in [3.8, 4) is 34.4 Å². The minimum absolute atomic E-state index is 0.271. The summed E-state index contributed by atoms with van der Waals surface area (Å²) >= 11 is 0. The van der Waals surface area contributed by atoms with E-state index in [0.29, 0.717) is 25.4 Å². The molecule has 4 rings (SSSR count). The highest BCUT2D eigenvalue weighted by molar-refractivity contribution is 5.79. The van der Waals surface area contributed by atoms with Crippen LogP contribution >= 0.6 is 0 Å². The molecule has 0 unspecified atom stereocenters. The van der Waals surface area contributed by atoms with Crippen molar-refractivity contribution in [2.75, 3.05) is 6.61 Å². The van der Waals surface area contributed by atoms with Gasteiger partial charge in [-0.2, -0.15) is 0 Å². The van der Waals surface area contributed by atoms with E-state index >= 15 is 0 Å². The lowest BCUT2D eigenvalue weighted by Gasteiger charge is -2.11. The first-order valence-electron chi connectivity index (χ1n) is 12.3. The van der Waals surface area contributed by atoms with E-state index in [2.05, 4.69) is 31.4 Å². The van der Waals surface area contributed by atoms with Gasteiger partial charge in [0.15, 0.2) is 5.82 Å². The molecule has 0 spiro atoms. The van der Waals surface area contributed by atoms with E-state index in [-0.39, 0.29) is 11.8 Å². The number of aromatic nitrogens is 5. The molecule has 0 aliphatic carbocycles. The summed E-state index contributed by atoms with van der Waals surface area (Å²) in [6.45, 7) is 2.48. The van der Waals surface area contributed by atoms with Crippen LogP contribution in [0.3, 0.4) is 0 Å². The molecule has 4 aromatic rings. The molecular formula is C29H28FN5O2. The van der Waals surface area contributed by atoms with E-state index in [9.17, 15) is 9.18 Å². The molecule has 8 heteroatoms. The molecule has 0 aliphatic heterocycles. The van der Waals surface area contributed by atoms with Gasteiger partial charge < -0.3 is 9.30 Å². The van der Waals surface area contributed by atoms with Crippen LogP contribution in [0.4, 0.5) is 4.39 Å². The van der Waals surface area contributed by atoms with E-state index in [1.54, 1.807) is 37.1 Å². The molecule has 0 fully saturated rings. The van der Waals surface area contributed by atoms with Gasteiger partial charge in [0.05, 0.1) is 18.0 Å². The molecule has 0 bridgehead atoms. The summed E-state index contributed by atoms with van der Waals surface area (Å²) in [5, 5.41) is 0. The topological polar surface area (TPSA) is 82.8 Å². The third kappa shape index (κ3) is 7.31. The number of pyridine rings is 1. The second-order valence-electron chi connectivity index (χ2n) is 8.43. The minimum Gasteiger partial charge on any atom is -0.466 e. The third-order valence-electron chi connectivity index (χ3n) is 5.70. The van der Waals surface area contributed by atoms with Crippen molar-refractivity contribution in [3.63, 3.8) is 0 Å². The Balaban J connectivity index is 1.65. The maximum atomic E-state index is 13.7. The number of hydrogen-bond acceptors (Lipinski definition) is 6. The summed E-state index contributed by atoms with van der Waals surface area (Å²) in [5.41, 5.74) is 4.40. The molecule has 0 N–H and O–H groups in total. The van der Waals surface area contributed by atoms with Gasteiger partial charge in [0.2, 0.25) is 0 Å². The number of nitrogens with zero attached hydrogens (tertiary/aromatic N) is 5. The van der Waals surface area contributed by atoms with Gasteiger partial charge in [0.25, 0.3) is 0 Å². The maximum Gasteiger partial charge on any atom is 0.302 e. The smallest absolute Gasteiger partial charge is 0.302 e. The average molecular weight is 498 g/mol. The van der Waals surface area contributed by atoms with Gasteiger partial charge in [-0.3, -0.25) is 9.78 Å². The largest absolute Gasteiger partial charge is 0.466 e. The van der Waals surface area contributed by atoms with Crippen molar-refractivity contribution >= 4 is 5.97 Å². The Labute approximate surface area is 215 Å². The quantitative estimate of drug-likeness (QED) is 0.169. The molecule has 188 valence electrons. The second kappa shape index (κ2) is 13.1. The van der Waals surface area contributed by atoms with Gasteiger partial charge in [-0.05, 0) is 74.1 Å². The van der Waals surface area contributed by atoms with Crippen LogP contribution in [0.2, 0.25) is 0 Å². The number of rotatable bonds is 10. The molecule has 0 amide bonds. The fourth-order valence-corrected chi connectivity index (χ4v) is 3.93. The summed E-state index contributed by atoms with van der Waals surface area (Å²) in [6.07, 6.45) is 10.6. The summed E-state index contributed by atoms with van der Waals surface area (Å²) in [4.78, 5) is 28.3. The molecule has 3 heterocycles. The van der Waals surface area contributed by atoms with Crippen LogP contribution in [0.25, 0.3) is 22.5 Å². The van der Waals surface area contributed by atoms with E-state index < -0.39 is 0 Å². The zero-order valence-electron chi connectivity index (χ0n) is 20.7. The summed E-state index contributed by atoms with van der Waals surface area (Å²) in [7, 11) is 0. The Hall–Kier alpha value is -4.38. The van der Waals surface area contributed by atoms with E-state index in [0.717, 1.165) is 53.9 Å². The number of carbonyl (C=O) groups excluding carboxylic acids is 1. The number of esters is 1. The molecule has 0 radical (unpaired) electrons. The summed E-state index contributed by atoms with van der Waals surface area (Å²) in [6, 6.07) is 12.1. The zero-order valence-corrected chi connectivity index (χ0v) is 20.7. The van der Waals surface area contributed by atoms with Crippen LogP contribution in [0.5, 0.6) is 0 Å². The Bertz CT molecular complexity index is 1360. The van der Waals surface area contributed by atoms with Crippen molar-refractivity contribution in [1.29, 1.82) is 0 Å². The number of benzene rings is 1. The normalized spacial score (nSPS) is 10.5. The van der Waals surface area contributed by atoms with Gasteiger partial charge in [-0.15, -0.1) is 0 Å². The van der Waals surface area contributed by atoms with Crippen LogP contribution < -0.4 is 0 Å². The number of hydrogen-bond donors (Lipinski definition) is 0. The highest BCUT2D eigenvalue weighted by Crippen LogP contribution is 2.33. The van der Waals surface area contributed by atoms with E-state index in [1.165, 1.54) is 19.1 Å². The van der Waals surface area contributed by atoms with E-state index in [4.69, 9.17) is 9.72 Å². The number of halogens is 1. The van der Waals surface area contributed by atoms with Crippen LogP contribution in [-0.2, 0) is 22.5 Å². The number of ether oxygens (including phenoxy) is 1. The average Bonchev–Trinajstić information content (AvgIpc) is 3.27. The Morgan fingerprint density at radius 2 is 1.76 bits per heavy atom. The van der Waals surface area contributed by atoms with Crippen LogP contribution in [0.15, 0.2) is 67.4 Å². The summed E-state index contributed by atoms with van der Waals surface area (Å²) < 4.78 is 20.8. The molecular weight excluding hydrogens is 469 g/mol. The predicted octanol–water partition coefficient (Wildman–Crippen LogP) is 5.26. The fourth-order valence-electron chi connectivity index (χ4n) is 3.93. The molecule has 37 heavy (non-hydrogen) atoms. The second-order valence-corrected chi connectivity index (χ2v) is 8.43. The first-order valence-corrected chi connectivity index (χ1v) is 12.3. The zero-order chi connectivity index (χ0) is 25.9. The van der Waals surface area contributed by atoms with Gasteiger partial charge >= 0.3 is 5.97 Å². The molecule has 3 aromatic heterocycles. The highest BCUT2D eigenvalue weighted by atomic mass is 19.1. The van der Waals surface area contributed by atoms with Crippen molar-refractivity contribution in [1.82, 2.24) is 24.5 Å². The number of carbonyl (C=O) groups is 1. The lowest BCUT2D eigenvalue weighted by atomic mass is 10.1. The van der Waals surface area contributed by atoms with Gasteiger partial charge in [0, 0.05) is 55.3 Å². The summed E-state index contributed by atoms with van der Waals surface area (Å²) in [5.74, 6) is 6.55. The lowest BCUT2D eigenvalue weighted by Crippen LogP contribution is -2.05. The van der Waals surface area contributed by atoms with E-state index in [1.807, 2.05) is 18.2 Å². The number of unbranched alkanes of at least 4 members (excludes halogenated alkanes) is 2. The third-order valence-corrected chi connectivity index (χ3v) is 5.70. The molecule has 0 saturated heterocycles. The molecule has 7 nitrogen and oxygen atoms in total. The van der Waals surface area contributed by atoms with Gasteiger partial charge in [-0.1, -0.05) is 5.92 Å². The number of imidazole rings is 1. The fraction of sp³-hybridized carbons (Fsp3) is 0.276. The first-order chi connectivity index (χ1) is 18.1. The SMILES string of the molecule is CC(=O)OCCCCC#Cc1nc(-c2ccc(F)cc2)c(-c2ccncc2)n1CCCc1ccncn1. The van der Waals surface area contributed by atoms with Gasteiger partial charge in [-0.25, -0.2) is 19.3 Å². The Kier molecular flexibility index (Phi) is 9.08. The van der Waals surface area contributed by atoms with Crippen LogP contribution in [-0.4, -0.2) is 37.1 Å². The molecule has 0 aliphatic rings. The van der Waals surface area contributed by atoms with Crippen molar-refractivity contribution in [3.05, 3.63) is 84.7 Å². The van der Waals surface area contributed by atoms with Crippen molar-refractivity contribution < 1.29 is 13.9 Å². The standard InChI is InChI=1S/C29H28FN5O2/c1-22(36)37-20-5-3-2-4-8-27-34-28(23-9-11-25(30)12-10-23)29(24-13-16-31-17-14-24)35(27)19-6-7-26-15-18-32-21-33-26/h9-18,21H,2-3,5-7,19-20H2,1H3. The van der Waals surface area contributed by atoms with Crippen LogP contribution in [0, 0.1) is 17.7 Å². The van der Waals surface area contributed by atoms with Crippen LogP contribution in [0.1, 0.15) is 44.1 Å². The Morgan fingerprint density at radius 1 is 0.973 bits per heavy atom.